The second-order valence-electron chi connectivity index (χ2n) is 3.26. The molecule has 0 fully saturated rings. The van der Waals surface area contributed by atoms with Crippen molar-refractivity contribution in [2.75, 3.05) is 18.1 Å². The minimum absolute atomic E-state index is 0.275. The molecule has 0 aliphatic heterocycles. The SMILES string of the molecule is CCSCCCOc1c(F)cccc1CCl. The van der Waals surface area contributed by atoms with Crippen LogP contribution in [0.25, 0.3) is 0 Å². The van der Waals surface area contributed by atoms with Crippen LogP contribution in [0.15, 0.2) is 18.2 Å². The van der Waals surface area contributed by atoms with E-state index < -0.39 is 0 Å². The highest BCUT2D eigenvalue weighted by molar-refractivity contribution is 7.99. The van der Waals surface area contributed by atoms with Crippen molar-refractivity contribution in [1.29, 1.82) is 0 Å². The molecular weight excluding hydrogens is 247 g/mol. The molecule has 0 aromatic heterocycles. The number of hydrogen-bond donors (Lipinski definition) is 0. The first-order valence-electron chi connectivity index (χ1n) is 5.33. The van der Waals surface area contributed by atoms with E-state index in [0.29, 0.717) is 17.9 Å². The second-order valence-corrected chi connectivity index (χ2v) is 4.92. The van der Waals surface area contributed by atoms with Gasteiger partial charge < -0.3 is 4.74 Å². The van der Waals surface area contributed by atoms with E-state index in [1.165, 1.54) is 6.07 Å². The molecule has 0 radical (unpaired) electrons. The highest BCUT2D eigenvalue weighted by Crippen LogP contribution is 2.24. The summed E-state index contributed by atoms with van der Waals surface area (Å²) in [6.45, 7) is 2.66. The Bertz CT molecular complexity index is 320. The number of para-hydroxylation sites is 1. The van der Waals surface area contributed by atoms with E-state index in [2.05, 4.69) is 6.92 Å². The third-order valence-corrected chi connectivity index (χ3v) is 3.35. The third kappa shape index (κ3) is 4.22. The number of hydrogen-bond acceptors (Lipinski definition) is 2. The largest absolute Gasteiger partial charge is 0.490 e. The number of thioether (sulfide) groups is 1. The first-order valence-corrected chi connectivity index (χ1v) is 7.02. The van der Waals surface area contributed by atoms with Crippen molar-refractivity contribution in [2.24, 2.45) is 0 Å². The molecule has 0 heterocycles. The summed E-state index contributed by atoms with van der Waals surface area (Å²) in [6.07, 6.45) is 0.925. The van der Waals surface area contributed by atoms with E-state index in [0.717, 1.165) is 17.9 Å². The minimum Gasteiger partial charge on any atom is -0.490 e. The molecule has 90 valence electrons. The van der Waals surface area contributed by atoms with Crippen LogP contribution in [0.3, 0.4) is 0 Å². The molecule has 0 amide bonds. The lowest BCUT2D eigenvalue weighted by molar-refractivity contribution is 0.300. The standard InChI is InChI=1S/C12H16ClFOS/c1-2-16-8-4-7-15-12-10(9-13)5-3-6-11(12)14/h3,5-6H,2,4,7-9H2,1H3. The van der Waals surface area contributed by atoms with Crippen LogP contribution in [0.1, 0.15) is 18.9 Å². The zero-order valence-electron chi connectivity index (χ0n) is 9.34. The Labute approximate surface area is 105 Å². The smallest absolute Gasteiger partial charge is 0.165 e. The Morgan fingerprint density at radius 2 is 2.25 bits per heavy atom. The monoisotopic (exact) mass is 262 g/mol. The summed E-state index contributed by atoms with van der Waals surface area (Å²) < 4.78 is 18.9. The topological polar surface area (TPSA) is 9.23 Å². The maximum Gasteiger partial charge on any atom is 0.165 e. The molecule has 0 saturated carbocycles. The fourth-order valence-electron chi connectivity index (χ4n) is 1.30. The quantitative estimate of drug-likeness (QED) is 0.541. The van der Waals surface area contributed by atoms with Crippen LogP contribution in [0.5, 0.6) is 5.75 Å². The summed E-state index contributed by atoms with van der Waals surface area (Å²) in [6, 6.07) is 4.82. The van der Waals surface area contributed by atoms with Gasteiger partial charge >= 0.3 is 0 Å². The Morgan fingerprint density at radius 3 is 2.94 bits per heavy atom. The molecular formula is C12H16ClFOS. The van der Waals surface area contributed by atoms with Crippen molar-refractivity contribution >= 4 is 23.4 Å². The van der Waals surface area contributed by atoms with Crippen LogP contribution in [-0.4, -0.2) is 18.1 Å². The van der Waals surface area contributed by atoms with Crippen LogP contribution in [0.4, 0.5) is 4.39 Å². The van der Waals surface area contributed by atoms with E-state index in [-0.39, 0.29) is 11.7 Å². The lowest BCUT2D eigenvalue weighted by Gasteiger charge is -2.10. The maximum atomic E-state index is 13.4. The van der Waals surface area contributed by atoms with Crippen molar-refractivity contribution in [3.05, 3.63) is 29.6 Å². The van der Waals surface area contributed by atoms with Crippen LogP contribution < -0.4 is 4.74 Å². The van der Waals surface area contributed by atoms with Crippen molar-refractivity contribution in [3.63, 3.8) is 0 Å². The van der Waals surface area contributed by atoms with E-state index in [4.69, 9.17) is 16.3 Å². The molecule has 0 saturated heterocycles. The summed E-state index contributed by atoms with van der Waals surface area (Å²) in [4.78, 5) is 0. The lowest BCUT2D eigenvalue weighted by atomic mass is 10.2. The summed E-state index contributed by atoms with van der Waals surface area (Å²) in [5.41, 5.74) is 0.713. The van der Waals surface area contributed by atoms with E-state index >= 15 is 0 Å². The number of halogens is 2. The maximum absolute atomic E-state index is 13.4. The predicted octanol–water partition coefficient (Wildman–Crippen LogP) is 4.09. The fraction of sp³-hybridized carbons (Fsp3) is 0.500. The van der Waals surface area contributed by atoms with Gasteiger partial charge in [-0.05, 0) is 24.0 Å². The van der Waals surface area contributed by atoms with Crippen molar-refractivity contribution in [3.8, 4) is 5.75 Å². The molecule has 0 aliphatic carbocycles. The number of rotatable bonds is 7. The van der Waals surface area contributed by atoms with E-state index in [1.54, 1.807) is 12.1 Å². The fourth-order valence-corrected chi connectivity index (χ4v) is 2.12. The van der Waals surface area contributed by atoms with Gasteiger partial charge in [0.2, 0.25) is 0 Å². The van der Waals surface area contributed by atoms with Gasteiger partial charge in [-0.15, -0.1) is 11.6 Å². The molecule has 1 aromatic carbocycles. The van der Waals surface area contributed by atoms with Crippen LogP contribution >= 0.6 is 23.4 Å². The first kappa shape index (κ1) is 13.7. The van der Waals surface area contributed by atoms with Gasteiger partial charge in [-0.25, -0.2) is 4.39 Å². The van der Waals surface area contributed by atoms with Crippen LogP contribution in [0.2, 0.25) is 0 Å². The van der Waals surface area contributed by atoms with Gasteiger partial charge in [0, 0.05) is 5.56 Å². The summed E-state index contributed by atoms with van der Waals surface area (Å²) in [5.74, 6) is 2.39. The molecule has 1 nitrogen and oxygen atoms in total. The Morgan fingerprint density at radius 1 is 1.44 bits per heavy atom. The first-order chi connectivity index (χ1) is 7.79. The van der Waals surface area contributed by atoms with Gasteiger partial charge in [-0.2, -0.15) is 11.8 Å². The lowest BCUT2D eigenvalue weighted by Crippen LogP contribution is -2.03. The third-order valence-electron chi connectivity index (χ3n) is 2.08. The number of alkyl halides is 1. The molecule has 0 aliphatic rings. The van der Waals surface area contributed by atoms with Crippen LogP contribution in [-0.2, 0) is 5.88 Å². The average molecular weight is 263 g/mol. The van der Waals surface area contributed by atoms with Gasteiger partial charge in [0.1, 0.15) is 0 Å². The Balaban J connectivity index is 2.46. The zero-order chi connectivity index (χ0) is 11.8. The van der Waals surface area contributed by atoms with Gasteiger partial charge in [-0.1, -0.05) is 19.1 Å². The molecule has 1 rings (SSSR count). The van der Waals surface area contributed by atoms with Gasteiger partial charge in [0.25, 0.3) is 0 Å². The molecule has 0 spiro atoms. The zero-order valence-corrected chi connectivity index (χ0v) is 10.9. The van der Waals surface area contributed by atoms with Gasteiger partial charge in [0.15, 0.2) is 11.6 Å². The predicted molar refractivity (Wildman–Crippen MR) is 69.1 cm³/mol. The molecule has 0 atom stereocenters. The van der Waals surface area contributed by atoms with Crippen LogP contribution in [0, 0.1) is 5.82 Å². The van der Waals surface area contributed by atoms with Crippen molar-refractivity contribution < 1.29 is 9.13 Å². The van der Waals surface area contributed by atoms with Crippen molar-refractivity contribution in [1.82, 2.24) is 0 Å². The summed E-state index contributed by atoms with van der Waals surface area (Å²) >= 11 is 7.57. The van der Waals surface area contributed by atoms with Gasteiger partial charge in [-0.3, -0.25) is 0 Å². The molecule has 0 N–H and O–H groups in total. The molecule has 0 bridgehead atoms. The molecule has 0 unspecified atom stereocenters. The van der Waals surface area contributed by atoms with Crippen molar-refractivity contribution in [2.45, 2.75) is 19.2 Å². The van der Waals surface area contributed by atoms with E-state index in [1.807, 2.05) is 11.8 Å². The second kappa shape index (κ2) is 7.80. The number of ether oxygens (including phenoxy) is 1. The molecule has 4 heteroatoms. The Kier molecular flexibility index (Phi) is 6.65. The summed E-state index contributed by atoms with van der Waals surface area (Å²) in [5, 5.41) is 0. The Hall–Kier alpha value is -0.410. The molecule has 1 aromatic rings. The summed E-state index contributed by atoms with van der Waals surface area (Å²) in [7, 11) is 0. The average Bonchev–Trinajstić information content (AvgIpc) is 2.30. The normalized spacial score (nSPS) is 10.4. The number of benzene rings is 1. The minimum atomic E-state index is -0.332. The highest BCUT2D eigenvalue weighted by atomic mass is 35.5. The van der Waals surface area contributed by atoms with E-state index in [9.17, 15) is 4.39 Å². The highest BCUT2D eigenvalue weighted by Gasteiger charge is 2.08. The molecule has 16 heavy (non-hydrogen) atoms. The van der Waals surface area contributed by atoms with Gasteiger partial charge in [0.05, 0.1) is 12.5 Å².